The molecule has 0 rings (SSSR count). The normalized spacial score (nSPS) is 12.4. The predicted octanol–water partition coefficient (Wildman–Crippen LogP) is 1.71. The van der Waals surface area contributed by atoms with E-state index < -0.39 is 5.60 Å². The summed E-state index contributed by atoms with van der Waals surface area (Å²) in [6.45, 7) is 15.1. The molecule has 0 fully saturated rings. The van der Waals surface area contributed by atoms with Crippen LogP contribution < -0.4 is 16.0 Å². The van der Waals surface area contributed by atoms with Crippen LogP contribution >= 0.6 is 0 Å². The van der Waals surface area contributed by atoms with E-state index >= 15 is 0 Å². The van der Waals surface area contributed by atoms with Gasteiger partial charge < -0.3 is 25.6 Å². The van der Waals surface area contributed by atoms with E-state index in [4.69, 9.17) is 4.74 Å². The van der Waals surface area contributed by atoms with Crippen LogP contribution in [-0.4, -0.2) is 67.2 Å². The largest absolute Gasteiger partial charge is 0.444 e. The minimum atomic E-state index is -0.519. The second-order valence-electron chi connectivity index (χ2n) is 8.12. The number of nitrogens with zero attached hydrogens (tertiary/aromatic N) is 2. The Morgan fingerprint density at radius 2 is 1.65 bits per heavy atom. The summed E-state index contributed by atoms with van der Waals surface area (Å²) in [6.07, 6.45) is 0.521. The van der Waals surface area contributed by atoms with Crippen molar-refractivity contribution in [1.82, 2.24) is 20.9 Å². The standard InChI is InChI=1S/C18H37N5O3/c1-9-11-23(16(25)26-18(5,6)7)12-10-20-15(19-8)21-13-14(24)22-17(2,3)4/h9-13H2,1-8H3,(H,22,24)(H2,19,20,21). The predicted molar refractivity (Wildman–Crippen MR) is 105 cm³/mol. The molecule has 0 aromatic rings. The SMILES string of the molecule is CCCN(CCNC(=NC)NCC(=O)NC(C)(C)C)C(=O)OC(C)(C)C. The third kappa shape index (κ3) is 12.4. The van der Waals surface area contributed by atoms with Crippen molar-refractivity contribution >= 4 is 18.0 Å². The lowest BCUT2D eigenvalue weighted by molar-refractivity contribution is -0.121. The first-order valence-corrected chi connectivity index (χ1v) is 9.11. The Kier molecular flexibility index (Phi) is 10.0. The van der Waals surface area contributed by atoms with E-state index in [-0.39, 0.29) is 24.1 Å². The molecule has 0 bridgehead atoms. The molecule has 0 unspecified atom stereocenters. The van der Waals surface area contributed by atoms with Gasteiger partial charge in [0.15, 0.2) is 5.96 Å². The molecule has 0 radical (unpaired) electrons. The highest BCUT2D eigenvalue weighted by Gasteiger charge is 2.21. The van der Waals surface area contributed by atoms with Crippen LogP contribution in [0.2, 0.25) is 0 Å². The molecule has 3 N–H and O–H groups in total. The molecule has 0 aromatic carbocycles. The molecule has 8 nitrogen and oxygen atoms in total. The fourth-order valence-electron chi connectivity index (χ4n) is 2.05. The second-order valence-corrected chi connectivity index (χ2v) is 8.12. The average molecular weight is 372 g/mol. The maximum Gasteiger partial charge on any atom is 0.410 e. The Bertz CT molecular complexity index is 478. The number of hydrogen-bond donors (Lipinski definition) is 3. The number of guanidine groups is 1. The Hall–Kier alpha value is -1.99. The highest BCUT2D eigenvalue weighted by Crippen LogP contribution is 2.10. The lowest BCUT2D eigenvalue weighted by Crippen LogP contribution is -2.49. The third-order valence-corrected chi connectivity index (χ3v) is 2.97. The fraction of sp³-hybridized carbons (Fsp3) is 0.833. The molecule has 0 atom stereocenters. The summed E-state index contributed by atoms with van der Waals surface area (Å²) in [5.41, 5.74) is -0.793. The number of aliphatic imine (C=N–C) groups is 1. The van der Waals surface area contributed by atoms with Crippen molar-refractivity contribution in [2.24, 2.45) is 4.99 Å². The number of amides is 2. The maximum absolute atomic E-state index is 12.2. The third-order valence-electron chi connectivity index (χ3n) is 2.97. The Morgan fingerprint density at radius 3 is 2.12 bits per heavy atom. The van der Waals surface area contributed by atoms with Crippen LogP contribution in [0.3, 0.4) is 0 Å². The van der Waals surface area contributed by atoms with Gasteiger partial charge in [-0.15, -0.1) is 0 Å². The van der Waals surface area contributed by atoms with Gasteiger partial charge in [-0.05, 0) is 48.0 Å². The molecule has 0 saturated carbocycles. The van der Waals surface area contributed by atoms with Gasteiger partial charge in [-0.1, -0.05) is 6.92 Å². The summed E-state index contributed by atoms with van der Waals surface area (Å²) in [7, 11) is 1.63. The lowest BCUT2D eigenvalue weighted by atomic mass is 10.1. The molecule has 0 aliphatic carbocycles. The zero-order valence-corrected chi connectivity index (χ0v) is 17.7. The lowest BCUT2D eigenvalue weighted by Gasteiger charge is -2.27. The van der Waals surface area contributed by atoms with Crippen LogP contribution in [0.25, 0.3) is 0 Å². The summed E-state index contributed by atoms with van der Waals surface area (Å²) < 4.78 is 5.42. The number of hydrogen-bond acceptors (Lipinski definition) is 4. The molecule has 0 aromatic heterocycles. The van der Waals surface area contributed by atoms with Crippen molar-refractivity contribution in [3.05, 3.63) is 0 Å². The van der Waals surface area contributed by atoms with E-state index in [9.17, 15) is 9.59 Å². The first-order chi connectivity index (χ1) is 11.9. The second kappa shape index (κ2) is 10.9. The summed E-state index contributed by atoms with van der Waals surface area (Å²) in [6, 6.07) is 0. The van der Waals surface area contributed by atoms with Crippen molar-refractivity contribution < 1.29 is 14.3 Å². The molecule has 152 valence electrons. The summed E-state index contributed by atoms with van der Waals surface area (Å²) in [5, 5.41) is 8.93. The van der Waals surface area contributed by atoms with Crippen molar-refractivity contribution in [1.29, 1.82) is 0 Å². The molecule has 0 saturated heterocycles. The van der Waals surface area contributed by atoms with Gasteiger partial charge >= 0.3 is 6.09 Å². The van der Waals surface area contributed by atoms with Crippen molar-refractivity contribution in [2.75, 3.05) is 33.2 Å². The van der Waals surface area contributed by atoms with Crippen LogP contribution in [-0.2, 0) is 9.53 Å². The summed E-state index contributed by atoms with van der Waals surface area (Å²) in [4.78, 5) is 29.8. The summed E-state index contributed by atoms with van der Waals surface area (Å²) in [5.74, 6) is 0.400. The van der Waals surface area contributed by atoms with Gasteiger partial charge in [0.25, 0.3) is 0 Å². The molecule has 8 heteroatoms. The Labute approximate surface area is 158 Å². The van der Waals surface area contributed by atoms with Gasteiger partial charge in [0.05, 0.1) is 6.54 Å². The Morgan fingerprint density at radius 1 is 1.04 bits per heavy atom. The number of ether oxygens (including phenoxy) is 1. The minimum absolute atomic E-state index is 0.109. The maximum atomic E-state index is 12.2. The zero-order valence-electron chi connectivity index (χ0n) is 17.7. The first kappa shape index (κ1) is 24.0. The van der Waals surface area contributed by atoms with Crippen LogP contribution in [0, 0.1) is 0 Å². The van der Waals surface area contributed by atoms with E-state index in [1.54, 1.807) is 11.9 Å². The molecule has 26 heavy (non-hydrogen) atoms. The van der Waals surface area contributed by atoms with E-state index in [2.05, 4.69) is 20.9 Å². The van der Waals surface area contributed by atoms with Gasteiger partial charge in [0.2, 0.25) is 5.91 Å². The fourth-order valence-corrected chi connectivity index (χ4v) is 2.05. The van der Waals surface area contributed by atoms with Gasteiger partial charge in [0, 0.05) is 32.2 Å². The van der Waals surface area contributed by atoms with Gasteiger partial charge in [-0.2, -0.15) is 0 Å². The van der Waals surface area contributed by atoms with E-state index in [0.717, 1.165) is 6.42 Å². The summed E-state index contributed by atoms with van der Waals surface area (Å²) >= 11 is 0. The highest BCUT2D eigenvalue weighted by molar-refractivity contribution is 5.86. The van der Waals surface area contributed by atoms with E-state index in [0.29, 0.717) is 25.6 Å². The quantitative estimate of drug-likeness (QED) is 0.468. The van der Waals surface area contributed by atoms with Crippen LogP contribution in [0.1, 0.15) is 54.9 Å². The first-order valence-electron chi connectivity index (χ1n) is 9.11. The molecule has 0 aliphatic heterocycles. The number of rotatable bonds is 7. The van der Waals surface area contributed by atoms with E-state index in [1.807, 2.05) is 48.5 Å². The number of carbonyl (C=O) groups is 2. The molecule has 0 aliphatic rings. The highest BCUT2D eigenvalue weighted by atomic mass is 16.6. The molecule has 2 amide bonds. The van der Waals surface area contributed by atoms with Crippen molar-refractivity contribution in [3.8, 4) is 0 Å². The molecular formula is C18H37N5O3. The number of nitrogens with one attached hydrogen (secondary N) is 3. The minimum Gasteiger partial charge on any atom is -0.444 e. The Balaban J connectivity index is 4.41. The van der Waals surface area contributed by atoms with Crippen molar-refractivity contribution in [3.63, 3.8) is 0 Å². The van der Waals surface area contributed by atoms with Crippen molar-refractivity contribution in [2.45, 2.75) is 66.0 Å². The average Bonchev–Trinajstić information content (AvgIpc) is 2.46. The van der Waals surface area contributed by atoms with Gasteiger partial charge in [-0.25, -0.2) is 4.79 Å². The molecule has 0 spiro atoms. The number of carbonyl (C=O) groups excluding carboxylic acids is 2. The van der Waals surface area contributed by atoms with Crippen LogP contribution in [0.15, 0.2) is 4.99 Å². The van der Waals surface area contributed by atoms with Crippen LogP contribution in [0.4, 0.5) is 4.79 Å². The van der Waals surface area contributed by atoms with Gasteiger partial charge in [0.1, 0.15) is 5.60 Å². The topological polar surface area (TPSA) is 95.1 Å². The van der Waals surface area contributed by atoms with Gasteiger partial charge in [-0.3, -0.25) is 9.79 Å². The monoisotopic (exact) mass is 371 g/mol. The zero-order chi connectivity index (χ0) is 20.4. The smallest absolute Gasteiger partial charge is 0.410 e. The van der Waals surface area contributed by atoms with E-state index in [1.165, 1.54) is 0 Å². The molecular weight excluding hydrogens is 334 g/mol. The van der Waals surface area contributed by atoms with Crippen LogP contribution in [0.5, 0.6) is 0 Å². The molecule has 0 heterocycles.